The molecular formula is C14H8ClNO3. The lowest BCUT2D eigenvalue weighted by atomic mass is 10.2. The Bertz CT molecular complexity index is 832. The molecule has 4 nitrogen and oxygen atoms in total. The van der Waals surface area contributed by atoms with Crippen LogP contribution >= 0.6 is 11.6 Å². The molecule has 1 heterocycles. The first kappa shape index (κ1) is 11.7. The molecule has 0 amide bonds. The van der Waals surface area contributed by atoms with E-state index in [2.05, 4.69) is 0 Å². The van der Waals surface area contributed by atoms with E-state index in [1.807, 2.05) is 0 Å². The van der Waals surface area contributed by atoms with Crippen LogP contribution in [0.2, 0.25) is 5.02 Å². The predicted molar refractivity (Wildman–Crippen MR) is 71.7 cm³/mol. The van der Waals surface area contributed by atoms with Gasteiger partial charge in [0.05, 0.1) is 5.52 Å². The summed E-state index contributed by atoms with van der Waals surface area (Å²) in [6, 6.07) is 13.2. The standard InChI is InChI=1S/C14H8ClNO3/c15-10-5-3-4-9(8-10)13(17)16-11-6-1-2-7-12(11)19-14(16)18/h1-8H. The second-order valence-corrected chi connectivity index (χ2v) is 4.42. The highest BCUT2D eigenvalue weighted by molar-refractivity contribution is 6.31. The fraction of sp³-hybridized carbons (Fsp3) is 0. The number of fused-ring (bicyclic) bond motifs is 1. The maximum Gasteiger partial charge on any atom is 0.427 e. The Morgan fingerprint density at radius 1 is 1.11 bits per heavy atom. The van der Waals surface area contributed by atoms with Crippen LogP contribution in [0.5, 0.6) is 0 Å². The van der Waals surface area contributed by atoms with Crippen LogP contribution < -0.4 is 5.76 Å². The van der Waals surface area contributed by atoms with Gasteiger partial charge < -0.3 is 4.42 Å². The number of hydrogen-bond donors (Lipinski definition) is 0. The Balaban J connectivity index is 2.22. The topological polar surface area (TPSA) is 52.2 Å². The molecule has 0 aliphatic heterocycles. The molecule has 0 saturated carbocycles. The van der Waals surface area contributed by atoms with Crippen molar-refractivity contribution < 1.29 is 9.21 Å². The van der Waals surface area contributed by atoms with Crippen molar-refractivity contribution >= 4 is 28.6 Å². The van der Waals surface area contributed by atoms with Crippen LogP contribution in [0.15, 0.2) is 57.7 Å². The molecule has 0 saturated heterocycles. The summed E-state index contributed by atoms with van der Waals surface area (Å²) in [4.78, 5) is 24.1. The van der Waals surface area contributed by atoms with E-state index in [0.29, 0.717) is 21.7 Å². The molecule has 0 unspecified atom stereocenters. The zero-order chi connectivity index (χ0) is 13.4. The van der Waals surface area contributed by atoms with Crippen LogP contribution in [0.1, 0.15) is 10.4 Å². The van der Waals surface area contributed by atoms with Crippen LogP contribution in [0.4, 0.5) is 0 Å². The fourth-order valence-corrected chi connectivity index (χ4v) is 2.10. The van der Waals surface area contributed by atoms with Gasteiger partial charge in [0, 0.05) is 10.6 Å². The Labute approximate surface area is 112 Å². The molecule has 5 heteroatoms. The number of benzene rings is 2. The summed E-state index contributed by atoms with van der Waals surface area (Å²) in [7, 11) is 0. The Morgan fingerprint density at radius 3 is 2.68 bits per heavy atom. The summed E-state index contributed by atoms with van der Waals surface area (Å²) >= 11 is 5.85. The van der Waals surface area contributed by atoms with Crippen LogP contribution in [0.3, 0.4) is 0 Å². The van der Waals surface area contributed by atoms with Gasteiger partial charge in [-0.2, -0.15) is 0 Å². The third-order valence-corrected chi connectivity index (χ3v) is 3.00. The minimum absolute atomic E-state index is 0.334. The molecule has 3 aromatic rings. The molecule has 0 aliphatic rings. The maximum absolute atomic E-state index is 12.3. The molecule has 94 valence electrons. The van der Waals surface area contributed by atoms with E-state index in [4.69, 9.17) is 16.0 Å². The smallest absolute Gasteiger partial charge is 0.407 e. The number of carbonyl (C=O) groups excluding carboxylic acids is 1. The second kappa shape index (κ2) is 4.40. The number of carbonyl (C=O) groups is 1. The number of rotatable bonds is 1. The summed E-state index contributed by atoms with van der Waals surface area (Å²) in [5, 5.41) is 0.437. The quantitative estimate of drug-likeness (QED) is 0.685. The monoisotopic (exact) mass is 273 g/mol. The van der Waals surface area contributed by atoms with Gasteiger partial charge in [0.15, 0.2) is 5.58 Å². The summed E-state index contributed by atoms with van der Waals surface area (Å²) in [6.07, 6.45) is 0. The Hall–Kier alpha value is -2.33. The minimum Gasteiger partial charge on any atom is -0.407 e. The molecule has 1 aromatic heterocycles. The summed E-state index contributed by atoms with van der Waals surface area (Å²) in [6.45, 7) is 0. The van der Waals surface area contributed by atoms with Crippen molar-refractivity contribution in [1.82, 2.24) is 4.57 Å². The van der Waals surface area contributed by atoms with E-state index in [1.165, 1.54) is 6.07 Å². The minimum atomic E-state index is -0.703. The van der Waals surface area contributed by atoms with Gasteiger partial charge in [-0.1, -0.05) is 29.8 Å². The lowest BCUT2D eigenvalue weighted by Gasteiger charge is -2.01. The highest BCUT2D eigenvalue weighted by atomic mass is 35.5. The molecule has 0 bridgehead atoms. The number of para-hydroxylation sites is 2. The van der Waals surface area contributed by atoms with Gasteiger partial charge in [0.1, 0.15) is 0 Å². The van der Waals surface area contributed by atoms with Gasteiger partial charge in [-0.15, -0.1) is 0 Å². The van der Waals surface area contributed by atoms with E-state index >= 15 is 0 Å². The first-order valence-electron chi connectivity index (χ1n) is 5.58. The van der Waals surface area contributed by atoms with Gasteiger partial charge in [0.25, 0.3) is 5.91 Å². The van der Waals surface area contributed by atoms with Gasteiger partial charge in [-0.25, -0.2) is 9.36 Å². The third-order valence-electron chi connectivity index (χ3n) is 2.76. The average molecular weight is 274 g/mol. The summed E-state index contributed by atoms with van der Waals surface area (Å²) < 4.78 is 6.03. The first-order valence-corrected chi connectivity index (χ1v) is 5.95. The normalized spacial score (nSPS) is 10.8. The van der Waals surface area contributed by atoms with E-state index in [-0.39, 0.29) is 0 Å². The first-order chi connectivity index (χ1) is 9.16. The van der Waals surface area contributed by atoms with Crippen molar-refractivity contribution in [1.29, 1.82) is 0 Å². The molecule has 3 rings (SSSR count). The molecular weight excluding hydrogens is 266 g/mol. The Kier molecular flexibility index (Phi) is 2.72. The Morgan fingerprint density at radius 2 is 1.89 bits per heavy atom. The second-order valence-electron chi connectivity index (χ2n) is 3.99. The van der Waals surface area contributed by atoms with Crippen molar-refractivity contribution in [3.05, 3.63) is 69.7 Å². The molecule has 0 N–H and O–H groups in total. The molecule has 2 aromatic carbocycles. The SMILES string of the molecule is O=C(c1cccc(Cl)c1)n1c(=O)oc2ccccc21. The van der Waals surface area contributed by atoms with Crippen molar-refractivity contribution in [2.45, 2.75) is 0 Å². The van der Waals surface area contributed by atoms with Crippen LogP contribution in [-0.2, 0) is 0 Å². The van der Waals surface area contributed by atoms with Crippen LogP contribution in [0.25, 0.3) is 11.1 Å². The molecule has 0 aliphatic carbocycles. The zero-order valence-electron chi connectivity index (χ0n) is 9.67. The number of hydrogen-bond acceptors (Lipinski definition) is 3. The lowest BCUT2D eigenvalue weighted by Crippen LogP contribution is -2.23. The molecule has 0 fully saturated rings. The summed E-state index contributed by atoms with van der Waals surface area (Å²) in [5.74, 6) is -1.16. The highest BCUT2D eigenvalue weighted by Crippen LogP contribution is 2.16. The van der Waals surface area contributed by atoms with E-state index in [0.717, 1.165) is 4.57 Å². The van der Waals surface area contributed by atoms with E-state index in [1.54, 1.807) is 42.5 Å². The number of oxazole rings is 1. The maximum atomic E-state index is 12.3. The molecule has 0 spiro atoms. The molecule has 19 heavy (non-hydrogen) atoms. The highest BCUT2D eigenvalue weighted by Gasteiger charge is 2.17. The van der Waals surface area contributed by atoms with Gasteiger partial charge in [-0.05, 0) is 30.3 Å². The average Bonchev–Trinajstić information content (AvgIpc) is 2.74. The lowest BCUT2D eigenvalue weighted by molar-refractivity contribution is 0.0956. The van der Waals surface area contributed by atoms with Crippen LogP contribution in [-0.4, -0.2) is 10.5 Å². The van der Waals surface area contributed by atoms with Crippen molar-refractivity contribution in [3.8, 4) is 0 Å². The molecule has 0 atom stereocenters. The van der Waals surface area contributed by atoms with Gasteiger partial charge in [0.2, 0.25) is 0 Å². The van der Waals surface area contributed by atoms with Crippen molar-refractivity contribution in [2.75, 3.05) is 0 Å². The number of halogens is 1. The zero-order valence-corrected chi connectivity index (χ0v) is 10.4. The fourth-order valence-electron chi connectivity index (χ4n) is 1.91. The van der Waals surface area contributed by atoms with E-state index < -0.39 is 11.7 Å². The van der Waals surface area contributed by atoms with Gasteiger partial charge in [-0.3, -0.25) is 4.79 Å². The van der Waals surface area contributed by atoms with Gasteiger partial charge >= 0.3 is 5.76 Å². The third kappa shape index (κ3) is 1.96. The predicted octanol–water partition coefficient (Wildman–Crippen LogP) is 2.94. The van der Waals surface area contributed by atoms with Crippen molar-refractivity contribution in [3.63, 3.8) is 0 Å². The van der Waals surface area contributed by atoms with Crippen LogP contribution in [0, 0.1) is 0 Å². The largest absolute Gasteiger partial charge is 0.427 e. The molecule has 0 radical (unpaired) electrons. The van der Waals surface area contributed by atoms with Crippen molar-refractivity contribution in [2.24, 2.45) is 0 Å². The number of nitrogens with zero attached hydrogens (tertiary/aromatic N) is 1. The number of aromatic nitrogens is 1. The summed E-state index contributed by atoms with van der Waals surface area (Å²) in [5.41, 5.74) is 1.15. The van der Waals surface area contributed by atoms with E-state index in [9.17, 15) is 9.59 Å².